The Balaban J connectivity index is 0.00000484. The molecule has 0 radical (unpaired) electrons. The molecule has 7 nitrogen and oxygen atoms in total. The first-order chi connectivity index (χ1) is 10.0. The molecule has 0 fully saturated rings. The molecule has 1 unspecified atom stereocenters. The number of benzene rings is 1. The fourth-order valence-electron chi connectivity index (χ4n) is 2.31. The molecule has 0 aliphatic rings. The number of nitro benzene ring substituents is 1. The summed E-state index contributed by atoms with van der Waals surface area (Å²) in [5.41, 5.74) is 4.23. The Morgan fingerprint density at radius 3 is 2.43 bits per heavy atom. The highest BCUT2D eigenvalue weighted by atomic mass is 35.5. The van der Waals surface area contributed by atoms with Crippen molar-refractivity contribution in [2.75, 3.05) is 6.54 Å². The first kappa shape index (κ1) is 22.1. The Kier molecular flexibility index (Phi) is 7.92. The van der Waals surface area contributed by atoms with Crippen LogP contribution in [-0.2, 0) is 10.0 Å². The van der Waals surface area contributed by atoms with E-state index in [2.05, 4.69) is 4.72 Å². The molecule has 3 N–H and O–H groups in total. The van der Waals surface area contributed by atoms with E-state index in [9.17, 15) is 18.5 Å². The quantitative estimate of drug-likeness (QED) is 0.552. The third-order valence-corrected chi connectivity index (χ3v) is 5.02. The molecule has 1 aromatic rings. The van der Waals surface area contributed by atoms with Gasteiger partial charge < -0.3 is 5.73 Å². The van der Waals surface area contributed by atoms with E-state index in [0.29, 0.717) is 6.42 Å². The van der Waals surface area contributed by atoms with Crippen LogP contribution in [0.2, 0.25) is 5.02 Å². The first-order valence-electron chi connectivity index (χ1n) is 6.69. The fourth-order valence-corrected chi connectivity index (χ4v) is 4.06. The third-order valence-electron chi connectivity index (χ3n) is 3.10. The minimum atomic E-state index is -4.10. The predicted octanol–water partition coefficient (Wildman–Crippen LogP) is 2.71. The van der Waals surface area contributed by atoms with E-state index < -0.39 is 31.1 Å². The average molecular weight is 386 g/mol. The van der Waals surface area contributed by atoms with Crippen LogP contribution in [0.25, 0.3) is 0 Å². The van der Waals surface area contributed by atoms with Crippen molar-refractivity contribution in [1.29, 1.82) is 0 Å². The van der Waals surface area contributed by atoms with Crippen LogP contribution in [0.15, 0.2) is 23.1 Å². The predicted molar refractivity (Wildman–Crippen MR) is 92.6 cm³/mol. The highest BCUT2D eigenvalue weighted by Crippen LogP contribution is 2.28. The summed E-state index contributed by atoms with van der Waals surface area (Å²) < 4.78 is 27.5. The van der Waals surface area contributed by atoms with Gasteiger partial charge in [0.1, 0.15) is 0 Å². The number of nitrogens with zero attached hydrogens (tertiary/aromatic N) is 1. The van der Waals surface area contributed by atoms with Gasteiger partial charge in [0.05, 0.1) is 4.92 Å². The lowest BCUT2D eigenvalue weighted by atomic mass is 9.92. The Morgan fingerprint density at radius 1 is 1.43 bits per heavy atom. The lowest BCUT2D eigenvalue weighted by Gasteiger charge is -2.30. The van der Waals surface area contributed by atoms with Crippen molar-refractivity contribution in [3.8, 4) is 0 Å². The molecule has 0 saturated heterocycles. The largest absolute Gasteiger partial charge is 0.329 e. The molecule has 0 saturated carbocycles. The van der Waals surface area contributed by atoms with E-state index in [1.54, 1.807) is 6.92 Å². The number of rotatable bonds is 7. The van der Waals surface area contributed by atoms with Gasteiger partial charge in [-0.25, -0.2) is 13.1 Å². The number of sulfonamides is 1. The highest BCUT2D eigenvalue weighted by Gasteiger charge is 2.34. The number of hydrogen-bond acceptors (Lipinski definition) is 5. The van der Waals surface area contributed by atoms with Gasteiger partial charge in [0.15, 0.2) is 4.90 Å². The molecule has 0 amide bonds. The van der Waals surface area contributed by atoms with Crippen LogP contribution in [-0.4, -0.2) is 25.4 Å². The zero-order valence-corrected chi connectivity index (χ0v) is 15.5. The van der Waals surface area contributed by atoms with Crippen molar-refractivity contribution < 1.29 is 13.3 Å². The first-order valence-corrected chi connectivity index (χ1v) is 8.55. The molecule has 0 spiro atoms. The molecular formula is C13H21Cl2N3O4S. The van der Waals surface area contributed by atoms with Gasteiger partial charge in [0.2, 0.25) is 10.0 Å². The molecule has 0 heterocycles. The summed E-state index contributed by atoms with van der Waals surface area (Å²) in [4.78, 5) is 9.86. The fraction of sp³-hybridized carbons (Fsp3) is 0.538. The zero-order valence-electron chi connectivity index (χ0n) is 13.1. The SMILES string of the molecule is CC(C)CC(C)(CN)NS(=O)(=O)c1ccc(Cl)cc1[N+](=O)[O-].Cl. The second-order valence-corrected chi connectivity index (χ2v) is 7.92. The number of halogens is 2. The van der Waals surface area contributed by atoms with Gasteiger partial charge >= 0.3 is 0 Å². The van der Waals surface area contributed by atoms with Crippen molar-refractivity contribution >= 4 is 39.7 Å². The summed E-state index contributed by atoms with van der Waals surface area (Å²) in [5.74, 6) is 0.205. The van der Waals surface area contributed by atoms with Crippen LogP contribution in [0.4, 0.5) is 5.69 Å². The van der Waals surface area contributed by atoms with E-state index >= 15 is 0 Å². The van der Waals surface area contributed by atoms with Gasteiger partial charge in [-0.3, -0.25) is 10.1 Å². The average Bonchev–Trinajstić information content (AvgIpc) is 2.36. The normalized spacial score (nSPS) is 14.2. The van der Waals surface area contributed by atoms with Crippen LogP contribution in [0, 0.1) is 16.0 Å². The molecule has 1 aromatic carbocycles. The van der Waals surface area contributed by atoms with Crippen LogP contribution in [0.1, 0.15) is 27.2 Å². The third kappa shape index (κ3) is 5.89. The van der Waals surface area contributed by atoms with Gasteiger partial charge in [-0.15, -0.1) is 12.4 Å². The van der Waals surface area contributed by atoms with Crippen molar-refractivity contribution in [3.63, 3.8) is 0 Å². The Morgan fingerprint density at radius 2 is 2.00 bits per heavy atom. The second kappa shape index (κ2) is 8.25. The van der Waals surface area contributed by atoms with Crippen molar-refractivity contribution in [2.24, 2.45) is 11.7 Å². The smallest absolute Gasteiger partial charge is 0.290 e. The van der Waals surface area contributed by atoms with Crippen LogP contribution < -0.4 is 10.5 Å². The van der Waals surface area contributed by atoms with Crippen molar-refractivity contribution in [2.45, 2.75) is 37.6 Å². The second-order valence-electron chi connectivity index (χ2n) is 5.84. The van der Waals surface area contributed by atoms with Gasteiger partial charge in [-0.2, -0.15) is 0 Å². The maximum atomic E-state index is 12.5. The molecule has 0 aliphatic carbocycles. The van der Waals surface area contributed by atoms with Crippen molar-refractivity contribution in [1.82, 2.24) is 4.72 Å². The van der Waals surface area contributed by atoms with Crippen LogP contribution >= 0.6 is 24.0 Å². The van der Waals surface area contributed by atoms with E-state index in [-0.39, 0.29) is 29.9 Å². The summed E-state index contributed by atoms with van der Waals surface area (Å²) in [7, 11) is -4.10. The van der Waals surface area contributed by atoms with Crippen LogP contribution in [0.3, 0.4) is 0 Å². The van der Waals surface area contributed by atoms with Crippen molar-refractivity contribution in [3.05, 3.63) is 33.3 Å². The lowest BCUT2D eigenvalue weighted by Crippen LogP contribution is -2.52. The number of nitrogens with two attached hydrogens (primary N) is 1. The molecule has 132 valence electrons. The maximum Gasteiger partial charge on any atom is 0.290 e. The van der Waals surface area contributed by atoms with E-state index in [1.807, 2.05) is 13.8 Å². The van der Waals surface area contributed by atoms with Gasteiger partial charge in [0.25, 0.3) is 5.69 Å². The summed E-state index contributed by atoms with van der Waals surface area (Å²) in [6.45, 7) is 5.62. The molecular weight excluding hydrogens is 365 g/mol. The standard InChI is InChI=1S/C13H20ClN3O4S.ClH/c1-9(2)7-13(3,8-15)16-22(20,21)12-5-4-10(14)6-11(12)17(18)19;/h4-6,9,16H,7-8,15H2,1-3H3;1H. The summed E-state index contributed by atoms with van der Waals surface area (Å²) in [5, 5.41) is 11.2. The maximum absolute atomic E-state index is 12.5. The van der Waals surface area contributed by atoms with Gasteiger partial charge in [0, 0.05) is 23.2 Å². The molecule has 1 rings (SSSR count). The Bertz CT molecular complexity index is 667. The summed E-state index contributed by atoms with van der Waals surface area (Å²) in [6, 6.07) is 3.43. The molecule has 0 aliphatic heterocycles. The van der Waals surface area contributed by atoms with Gasteiger partial charge in [-0.1, -0.05) is 25.4 Å². The number of hydrogen-bond donors (Lipinski definition) is 2. The highest BCUT2D eigenvalue weighted by molar-refractivity contribution is 7.89. The lowest BCUT2D eigenvalue weighted by molar-refractivity contribution is -0.387. The summed E-state index contributed by atoms with van der Waals surface area (Å²) >= 11 is 5.70. The molecule has 0 bridgehead atoms. The van der Waals surface area contributed by atoms with E-state index in [4.69, 9.17) is 17.3 Å². The molecule has 10 heteroatoms. The molecule has 0 aromatic heterocycles. The Labute approximate surface area is 147 Å². The van der Waals surface area contributed by atoms with E-state index in [0.717, 1.165) is 12.1 Å². The molecule has 23 heavy (non-hydrogen) atoms. The topological polar surface area (TPSA) is 115 Å². The minimum absolute atomic E-state index is 0. The number of nitro groups is 1. The Hall–Kier alpha value is -0.930. The zero-order chi connectivity index (χ0) is 17.1. The number of nitrogens with one attached hydrogen (secondary N) is 1. The van der Waals surface area contributed by atoms with Crippen LogP contribution in [0.5, 0.6) is 0 Å². The monoisotopic (exact) mass is 385 g/mol. The minimum Gasteiger partial charge on any atom is -0.329 e. The van der Waals surface area contributed by atoms with E-state index in [1.165, 1.54) is 6.07 Å². The molecule has 1 atom stereocenters. The summed E-state index contributed by atoms with van der Waals surface area (Å²) in [6.07, 6.45) is 0.504. The van der Waals surface area contributed by atoms with Gasteiger partial charge in [-0.05, 0) is 31.4 Å².